The number of nitrogens with zero attached hydrogens (tertiary/aromatic N) is 8. The molecule has 1 aliphatic carbocycles. The molecule has 5 aromatic heterocycles. The van der Waals surface area contributed by atoms with Crippen LogP contribution in [-0.2, 0) is 9.53 Å². The molecule has 1 atom stereocenters. The third-order valence-corrected chi connectivity index (χ3v) is 7.64. The van der Waals surface area contributed by atoms with Crippen molar-refractivity contribution in [2.24, 2.45) is 0 Å². The largest absolute Gasteiger partial charge is 0.368 e. The second-order valence-corrected chi connectivity index (χ2v) is 10.4. The van der Waals surface area contributed by atoms with Crippen molar-refractivity contribution in [2.45, 2.75) is 57.1 Å². The van der Waals surface area contributed by atoms with Crippen molar-refractivity contribution >= 4 is 23.1 Å². The van der Waals surface area contributed by atoms with E-state index in [2.05, 4.69) is 41.2 Å². The van der Waals surface area contributed by atoms with E-state index >= 15 is 0 Å². The Bertz CT molecular complexity index is 1670. The number of hydrogen-bond acceptors (Lipinski definition) is 9. The van der Waals surface area contributed by atoms with Crippen molar-refractivity contribution in [3.05, 3.63) is 72.0 Å². The molecule has 0 aliphatic heterocycles. The van der Waals surface area contributed by atoms with Crippen LogP contribution in [0.4, 0.5) is 16.0 Å². The van der Waals surface area contributed by atoms with Crippen molar-refractivity contribution in [1.29, 1.82) is 0 Å². The molecule has 14 heteroatoms. The Kier molecular flexibility index (Phi) is 6.91. The molecule has 13 nitrogen and oxygen atoms in total. The third-order valence-electron chi connectivity index (χ3n) is 7.64. The molecule has 0 saturated heterocycles. The summed E-state index contributed by atoms with van der Waals surface area (Å²) >= 11 is 0. The molecule has 212 valence electrons. The quantitative estimate of drug-likeness (QED) is 0.259. The van der Waals surface area contributed by atoms with Gasteiger partial charge >= 0.3 is 0 Å². The molecule has 0 aromatic carbocycles. The predicted octanol–water partition coefficient (Wildman–Crippen LogP) is 3.54. The zero-order chi connectivity index (χ0) is 28.6. The fourth-order valence-electron chi connectivity index (χ4n) is 5.30. The second kappa shape index (κ2) is 10.7. The molecule has 5 heterocycles. The highest BCUT2D eigenvalue weighted by Crippen LogP contribution is 2.40. The number of methoxy groups -OCH3 is 1. The summed E-state index contributed by atoms with van der Waals surface area (Å²) in [7, 11) is 1.58. The minimum Gasteiger partial charge on any atom is -0.368 e. The van der Waals surface area contributed by atoms with Crippen LogP contribution in [0, 0.1) is 12.7 Å². The molecular weight excluding hydrogens is 529 g/mol. The fraction of sp³-hybridized carbons (Fsp3) is 0.370. The number of rotatable bonds is 8. The number of carbonyl (C=O) groups is 1. The van der Waals surface area contributed by atoms with Gasteiger partial charge in [0.2, 0.25) is 0 Å². The van der Waals surface area contributed by atoms with E-state index in [4.69, 9.17) is 9.72 Å². The van der Waals surface area contributed by atoms with Crippen LogP contribution in [0.5, 0.6) is 0 Å². The summed E-state index contributed by atoms with van der Waals surface area (Å²) in [5, 5.41) is 25.7. The van der Waals surface area contributed by atoms with Crippen LogP contribution in [0.1, 0.15) is 61.6 Å². The van der Waals surface area contributed by atoms with Crippen molar-refractivity contribution < 1.29 is 13.9 Å². The van der Waals surface area contributed by atoms with Crippen LogP contribution in [0.2, 0.25) is 0 Å². The number of H-pyrrole nitrogens is 1. The van der Waals surface area contributed by atoms with Gasteiger partial charge in [-0.15, -0.1) is 5.10 Å². The fourth-order valence-corrected chi connectivity index (χ4v) is 5.30. The molecular formula is C27H30FN11O2. The van der Waals surface area contributed by atoms with Crippen LogP contribution in [0.15, 0.2) is 49.1 Å². The Morgan fingerprint density at radius 2 is 2.02 bits per heavy atom. The number of hydrogen-bond donors (Lipinski definition) is 3. The monoisotopic (exact) mass is 559 g/mol. The molecule has 0 spiro atoms. The smallest absolute Gasteiger partial charge is 0.252 e. The minimum atomic E-state index is -0.964. The number of carbonyl (C=O) groups excluding carboxylic acids is 1. The Hall–Kier alpha value is -4.72. The van der Waals surface area contributed by atoms with E-state index in [0.717, 1.165) is 28.8 Å². The van der Waals surface area contributed by atoms with Crippen molar-refractivity contribution in [3.8, 4) is 5.82 Å². The van der Waals surface area contributed by atoms with E-state index in [1.807, 2.05) is 32.0 Å². The Balaban J connectivity index is 1.14. The molecule has 0 unspecified atom stereocenters. The lowest BCUT2D eigenvalue weighted by Crippen LogP contribution is -2.51. The summed E-state index contributed by atoms with van der Waals surface area (Å²) in [6, 6.07) is 7.03. The number of pyridine rings is 1. The van der Waals surface area contributed by atoms with Gasteiger partial charge in [-0.1, -0.05) is 11.3 Å². The average Bonchev–Trinajstić information content (AvgIpc) is 3.74. The molecule has 41 heavy (non-hydrogen) atoms. The minimum absolute atomic E-state index is 0.0549. The zero-order valence-electron chi connectivity index (χ0n) is 22.9. The lowest BCUT2D eigenvalue weighted by molar-refractivity contribution is -0.148. The van der Waals surface area contributed by atoms with Gasteiger partial charge in [-0.3, -0.25) is 9.89 Å². The maximum atomic E-state index is 13.5. The average molecular weight is 560 g/mol. The van der Waals surface area contributed by atoms with Gasteiger partial charge in [0, 0.05) is 37.1 Å². The maximum Gasteiger partial charge on any atom is 0.252 e. The number of nitrogens with one attached hydrogen (secondary N) is 3. The first-order valence-electron chi connectivity index (χ1n) is 13.4. The molecule has 1 aliphatic rings. The van der Waals surface area contributed by atoms with Crippen LogP contribution in [-0.4, -0.2) is 63.4 Å². The van der Waals surface area contributed by atoms with Gasteiger partial charge in [0.05, 0.1) is 30.1 Å². The normalized spacial score (nSPS) is 19.8. The molecule has 0 bridgehead atoms. The molecule has 1 fully saturated rings. The SMILES string of the molecule is CO[C@]1(C(=O)N[C@@H](C)c2ccc(-n3cc(F)cn3)nc2)CC[C@H](c2nc(Nc3cc(C)[nH]n3)cc3cnnn32)CC1. The van der Waals surface area contributed by atoms with Gasteiger partial charge < -0.3 is 15.4 Å². The van der Waals surface area contributed by atoms with E-state index in [0.29, 0.717) is 43.1 Å². The first kappa shape index (κ1) is 26.5. The summed E-state index contributed by atoms with van der Waals surface area (Å²) in [5.74, 6) is 2.02. The zero-order valence-corrected chi connectivity index (χ0v) is 22.9. The number of anilines is 2. The van der Waals surface area contributed by atoms with Crippen molar-refractivity contribution in [2.75, 3.05) is 12.4 Å². The van der Waals surface area contributed by atoms with E-state index in [1.165, 1.54) is 10.9 Å². The summed E-state index contributed by atoms with van der Waals surface area (Å²) in [6.07, 6.45) is 8.11. The van der Waals surface area contributed by atoms with Crippen molar-refractivity contribution in [1.82, 2.24) is 50.1 Å². The van der Waals surface area contributed by atoms with Crippen LogP contribution in [0.3, 0.4) is 0 Å². The number of fused-ring (bicyclic) bond motifs is 1. The number of aromatic amines is 1. The van der Waals surface area contributed by atoms with Gasteiger partial charge in [0.15, 0.2) is 17.5 Å². The number of halogens is 1. The topological polar surface area (TPSA) is 153 Å². The number of aryl methyl sites for hydroxylation is 1. The van der Waals surface area contributed by atoms with E-state index in [9.17, 15) is 9.18 Å². The standard InChI is InChI=1S/C27H30FN11O2/c1-16-10-23(36-35-16)33-22-11-21-14-30-37-39(21)25(34-22)18-6-8-27(41-3,9-7-18)26(40)32-17(2)19-4-5-24(29-12-19)38-15-20(28)13-31-38/h4-5,10-15,17-18H,6-9H2,1-3H3,(H,32,40)(H2,33,35,36)/t17-,18-,27+/m0/s1. The first-order valence-corrected chi connectivity index (χ1v) is 13.4. The second-order valence-electron chi connectivity index (χ2n) is 10.4. The lowest BCUT2D eigenvalue weighted by atomic mass is 9.77. The predicted molar refractivity (Wildman–Crippen MR) is 146 cm³/mol. The van der Waals surface area contributed by atoms with Crippen LogP contribution < -0.4 is 10.6 Å². The Labute approximate surface area is 234 Å². The Morgan fingerprint density at radius 1 is 1.20 bits per heavy atom. The van der Waals surface area contributed by atoms with Gasteiger partial charge in [-0.05, 0) is 51.2 Å². The summed E-state index contributed by atoms with van der Waals surface area (Å²) < 4.78 is 22.3. The summed E-state index contributed by atoms with van der Waals surface area (Å²) in [6.45, 7) is 3.82. The molecule has 3 N–H and O–H groups in total. The lowest BCUT2D eigenvalue weighted by Gasteiger charge is -2.38. The molecule has 1 saturated carbocycles. The number of ether oxygens (including phenoxy) is 1. The Morgan fingerprint density at radius 3 is 2.68 bits per heavy atom. The van der Waals surface area contributed by atoms with Crippen molar-refractivity contribution in [3.63, 3.8) is 0 Å². The van der Waals surface area contributed by atoms with Crippen LogP contribution in [0.25, 0.3) is 11.3 Å². The van der Waals surface area contributed by atoms with E-state index < -0.39 is 11.4 Å². The summed E-state index contributed by atoms with van der Waals surface area (Å²) in [4.78, 5) is 22.7. The molecule has 5 aromatic rings. The first-order chi connectivity index (χ1) is 19.8. The number of amides is 1. The molecule has 6 rings (SSSR count). The van der Waals surface area contributed by atoms with Gasteiger partial charge in [-0.25, -0.2) is 19.0 Å². The highest BCUT2D eigenvalue weighted by Gasteiger charge is 2.43. The molecule has 0 radical (unpaired) electrons. The third kappa shape index (κ3) is 5.25. The van der Waals surface area contributed by atoms with Gasteiger partial charge in [0.25, 0.3) is 5.91 Å². The maximum absolute atomic E-state index is 13.5. The van der Waals surface area contributed by atoms with E-state index in [1.54, 1.807) is 30.1 Å². The molecule has 1 amide bonds. The summed E-state index contributed by atoms with van der Waals surface area (Å²) in [5.41, 5.74) is 1.60. The van der Waals surface area contributed by atoms with Crippen LogP contribution >= 0.6 is 0 Å². The number of aromatic nitrogens is 9. The van der Waals surface area contributed by atoms with Gasteiger partial charge in [-0.2, -0.15) is 14.7 Å². The van der Waals surface area contributed by atoms with E-state index in [-0.39, 0.29) is 17.9 Å². The van der Waals surface area contributed by atoms with Gasteiger partial charge in [0.1, 0.15) is 17.2 Å². The highest BCUT2D eigenvalue weighted by molar-refractivity contribution is 5.85. The highest BCUT2D eigenvalue weighted by atomic mass is 19.1.